The van der Waals surface area contributed by atoms with Gasteiger partial charge in [0.25, 0.3) is 5.56 Å². The van der Waals surface area contributed by atoms with Crippen LogP contribution >= 0.6 is 15.9 Å². The van der Waals surface area contributed by atoms with Crippen LogP contribution in [0.25, 0.3) is 10.9 Å². The van der Waals surface area contributed by atoms with Gasteiger partial charge in [0.05, 0.1) is 23.7 Å². The maximum Gasteiger partial charge on any atom is 0.344 e. The van der Waals surface area contributed by atoms with Crippen molar-refractivity contribution in [2.24, 2.45) is 5.10 Å². The number of aliphatic carboxylic acids is 1. The molecule has 0 bridgehead atoms. The Hall–Kier alpha value is -3.20. The minimum Gasteiger partial charge on any atom is -0.490 e. The largest absolute Gasteiger partial charge is 0.490 e. The molecular formula is C22H22BrN3O5. The second kappa shape index (κ2) is 9.74. The van der Waals surface area contributed by atoms with Gasteiger partial charge in [-0.2, -0.15) is 9.78 Å². The highest BCUT2D eigenvalue weighted by Gasteiger charge is 2.16. The molecule has 0 saturated carbocycles. The summed E-state index contributed by atoms with van der Waals surface area (Å²) in [4.78, 5) is 28.6. The molecule has 0 aliphatic heterocycles. The molecule has 8 nitrogen and oxygen atoms in total. The molecule has 1 aromatic heterocycles. The predicted molar refractivity (Wildman–Crippen MR) is 121 cm³/mol. The minimum absolute atomic E-state index is 0.264. The first-order chi connectivity index (χ1) is 14.8. The molecule has 3 rings (SSSR count). The van der Waals surface area contributed by atoms with E-state index >= 15 is 0 Å². The third-order valence-corrected chi connectivity index (χ3v) is 4.93. The van der Waals surface area contributed by atoms with Crippen LogP contribution in [0.1, 0.15) is 32.2 Å². The van der Waals surface area contributed by atoms with Crippen molar-refractivity contribution in [1.29, 1.82) is 0 Å². The molecule has 1 N–H and O–H groups in total. The molecule has 1 heterocycles. The molecule has 0 unspecified atom stereocenters. The number of halogens is 1. The first kappa shape index (κ1) is 22.5. The van der Waals surface area contributed by atoms with Gasteiger partial charge in [0.2, 0.25) is 0 Å². The van der Waals surface area contributed by atoms with Crippen LogP contribution in [0.2, 0.25) is 0 Å². The van der Waals surface area contributed by atoms with Crippen LogP contribution in [-0.2, 0) is 11.2 Å². The summed E-state index contributed by atoms with van der Waals surface area (Å²) >= 11 is 3.38. The van der Waals surface area contributed by atoms with Gasteiger partial charge in [0.1, 0.15) is 5.82 Å². The van der Waals surface area contributed by atoms with E-state index in [1.54, 1.807) is 30.3 Å². The van der Waals surface area contributed by atoms with Crippen molar-refractivity contribution in [3.05, 3.63) is 62.6 Å². The summed E-state index contributed by atoms with van der Waals surface area (Å²) in [6, 6.07) is 10.4. The lowest BCUT2D eigenvalue weighted by Crippen LogP contribution is -2.23. The Morgan fingerprint density at radius 3 is 2.71 bits per heavy atom. The van der Waals surface area contributed by atoms with Crippen molar-refractivity contribution in [1.82, 2.24) is 9.66 Å². The molecule has 0 fully saturated rings. The third-order valence-electron chi connectivity index (χ3n) is 4.43. The molecule has 9 heteroatoms. The Bertz CT molecular complexity index is 1210. The summed E-state index contributed by atoms with van der Waals surface area (Å²) in [5.41, 5.74) is 1.01. The van der Waals surface area contributed by atoms with Crippen LogP contribution in [0.3, 0.4) is 0 Å². The van der Waals surface area contributed by atoms with Gasteiger partial charge >= 0.3 is 5.97 Å². The van der Waals surface area contributed by atoms with Crippen molar-refractivity contribution in [3.8, 4) is 11.5 Å². The molecule has 0 amide bonds. The fraction of sp³-hybridized carbons (Fsp3) is 0.273. The molecule has 0 aliphatic rings. The maximum atomic E-state index is 13.0. The van der Waals surface area contributed by atoms with Gasteiger partial charge in [-0.15, -0.1) is 0 Å². The molecule has 0 spiro atoms. The number of nitrogens with zero attached hydrogens (tertiary/aromatic N) is 3. The van der Waals surface area contributed by atoms with E-state index in [9.17, 15) is 9.59 Å². The number of carboxylic acid groups (broad SMARTS) is 1. The topological polar surface area (TPSA) is 103 Å². The molecule has 3 aromatic rings. The molecular weight excluding hydrogens is 466 g/mol. The molecule has 31 heavy (non-hydrogen) atoms. The number of aryl methyl sites for hydroxylation is 1. The average Bonchev–Trinajstić information content (AvgIpc) is 2.75. The SMILES string of the molecule is CCOc1cc(C=Nn2c(CC)nc3ccc(Br)cc3c2=O)ccc1O[C@H](C)C(=O)O. The number of hydrogen-bond acceptors (Lipinski definition) is 6. The average molecular weight is 488 g/mol. The van der Waals surface area contributed by atoms with Gasteiger partial charge in [-0.05, 0) is 55.8 Å². The van der Waals surface area contributed by atoms with E-state index in [4.69, 9.17) is 14.6 Å². The number of rotatable bonds is 8. The van der Waals surface area contributed by atoms with Crippen LogP contribution in [0, 0.1) is 0 Å². The summed E-state index contributed by atoms with van der Waals surface area (Å²) in [7, 11) is 0. The summed E-state index contributed by atoms with van der Waals surface area (Å²) < 4.78 is 13.1. The van der Waals surface area contributed by atoms with Gasteiger partial charge in [0, 0.05) is 10.9 Å². The second-order valence-corrected chi connectivity index (χ2v) is 7.56. The Kier molecular flexibility index (Phi) is 7.06. The lowest BCUT2D eigenvalue weighted by atomic mass is 10.2. The van der Waals surface area contributed by atoms with E-state index < -0.39 is 12.1 Å². The molecule has 0 aliphatic carbocycles. The Labute approximate surface area is 187 Å². The predicted octanol–water partition coefficient (Wildman–Crippen LogP) is 3.85. The van der Waals surface area contributed by atoms with Crippen LogP contribution in [0.15, 0.2) is 50.8 Å². The van der Waals surface area contributed by atoms with Gasteiger partial charge < -0.3 is 14.6 Å². The highest BCUT2D eigenvalue weighted by Crippen LogP contribution is 2.29. The Balaban J connectivity index is 2.00. The van der Waals surface area contributed by atoms with Crippen LogP contribution in [-0.4, -0.2) is 39.7 Å². The zero-order valence-electron chi connectivity index (χ0n) is 17.3. The van der Waals surface area contributed by atoms with E-state index in [-0.39, 0.29) is 5.56 Å². The van der Waals surface area contributed by atoms with Gasteiger partial charge in [0.15, 0.2) is 17.6 Å². The summed E-state index contributed by atoms with van der Waals surface area (Å²) in [6.45, 7) is 5.54. The third kappa shape index (κ3) is 5.11. The number of hydrogen-bond donors (Lipinski definition) is 1. The molecule has 0 saturated heterocycles. The maximum absolute atomic E-state index is 13.0. The zero-order chi connectivity index (χ0) is 22.5. The quantitative estimate of drug-likeness (QED) is 0.484. The first-order valence-corrected chi connectivity index (χ1v) is 10.5. The van der Waals surface area contributed by atoms with E-state index in [0.29, 0.717) is 46.8 Å². The lowest BCUT2D eigenvalue weighted by molar-refractivity contribution is -0.144. The van der Waals surface area contributed by atoms with Crippen LogP contribution in [0.4, 0.5) is 0 Å². The van der Waals surface area contributed by atoms with Crippen molar-refractivity contribution >= 4 is 39.0 Å². The van der Waals surface area contributed by atoms with E-state index in [1.807, 2.05) is 19.9 Å². The number of ether oxygens (including phenoxy) is 2. The summed E-state index contributed by atoms with van der Waals surface area (Å²) in [5.74, 6) is 0.173. The summed E-state index contributed by atoms with van der Waals surface area (Å²) in [5, 5.41) is 13.9. The number of aromatic nitrogens is 2. The number of fused-ring (bicyclic) bond motifs is 1. The van der Waals surface area contributed by atoms with Gasteiger partial charge in [-0.3, -0.25) is 4.79 Å². The molecule has 0 radical (unpaired) electrons. The van der Waals surface area contributed by atoms with E-state index in [0.717, 1.165) is 4.47 Å². The normalized spacial score (nSPS) is 12.3. The van der Waals surface area contributed by atoms with Crippen molar-refractivity contribution < 1.29 is 19.4 Å². The number of benzene rings is 2. The highest BCUT2D eigenvalue weighted by molar-refractivity contribution is 9.10. The van der Waals surface area contributed by atoms with E-state index in [2.05, 4.69) is 26.0 Å². The monoisotopic (exact) mass is 487 g/mol. The standard InChI is InChI=1S/C22H22BrN3O5/c1-4-20-25-17-8-7-15(23)11-16(17)21(27)26(20)24-12-14-6-9-18(19(10-14)30-5-2)31-13(3)22(28)29/h6-13H,4-5H2,1-3H3,(H,28,29)/t13-/m1/s1. The van der Waals surface area contributed by atoms with Crippen LogP contribution in [0.5, 0.6) is 11.5 Å². The smallest absolute Gasteiger partial charge is 0.344 e. The zero-order valence-corrected chi connectivity index (χ0v) is 18.9. The van der Waals surface area contributed by atoms with Crippen molar-refractivity contribution in [3.63, 3.8) is 0 Å². The molecule has 1 atom stereocenters. The Morgan fingerprint density at radius 1 is 1.26 bits per heavy atom. The summed E-state index contributed by atoms with van der Waals surface area (Å²) in [6.07, 6.45) is 1.04. The fourth-order valence-electron chi connectivity index (χ4n) is 2.88. The highest BCUT2D eigenvalue weighted by atomic mass is 79.9. The Morgan fingerprint density at radius 2 is 2.03 bits per heavy atom. The molecule has 162 valence electrons. The number of carbonyl (C=O) groups is 1. The van der Waals surface area contributed by atoms with Crippen LogP contribution < -0.4 is 15.0 Å². The van der Waals surface area contributed by atoms with Gasteiger partial charge in [-0.1, -0.05) is 22.9 Å². The van der Waals surface area contributed by atoms with E-state index in [1.165, 1.54) is 17.8 Å². The molecule has 2 aromatic carbocycles. The van der Waals surface area contributed by atoms with Crippen molar-refractivity contribution in [2.75, 3.05) is 6.61 Å². The number of carboxylic acids is 1. The van der Waals surface area contributed by atoms with Gasteiger partial charge in [-0.25, -0.2) is 9.78 Å². The minimum atomic E-state index is -1.07. The first-order valence-electron chi connectivity index (χ1n) is 9.75. The van der Waals surface area contributed by atoms with Crippen molar-refractivity contribution in [2.45, 2.75) is 33.3 Å². The second-order valence-electron chi connectivity index (χ2n) is 6.64. The lowest BCUT2D eigenvalue weighted by Gasteiger charge is -2.15. The fourth-order valence-corrected chi connectivity index (χ4v) is 3.24.